The van der Waals surface area contributed by atoms with Crippen LogP contribution in [0.1, 0.15) is 18.4 Å². The Hall–Kier alpha value is -0.610. The Morgan fingerprint density at radius 1 is 1.47 bits per heavy atom. The molecule has 1 atom stereocenters. The molecule has 3 nitrogen and oxygen atoms in total. The average molecular weight is 223 g/mol. The van der Waals surface area contributed by atoms with Crippen molar-refractivity contribution in [2.24, 2.45) is 5.92 Å². The van der Waals surface area contributed by atoms with E-state index in [0.717, 1.165) is 28.9 Å². The van der Waals surface area contributed by atoms with Crippen molar-refractivity contribution in [2.75, 3.05) is 18.8 Å². The molecule has 82 valence electrons. The van der Waals surface area contributed by atoms with Crippen molar-refractivity contribution in [3.8, 4) is 0 Å². The maximum absolute atomic E-state index is 4.29. The van der Waals surface area contributed by atoms with Gasteiger partial charge in [0.1, 0.15) is 0 Å². The minimum absolute atomic E-state index is 0.786. The summed E-state index contributed by atoms with van der Waals surface area (Å²) in [6, 6.07) is 0. The summed E-state index contributed by atoms with van der Waals surface area (Å²) in [4.78, 5) is 8.59. The number of aryl methyl sites for hydroxylation is 1. The molecule has 0 radical (unpaired) electrons. The molecule has 0 amide bonds. The average Bonchev–Trinajstić information content (AvgIpc) is 2.30. The summed E-state index contributed by atoms with van der Waals surface area (Å²) in [5, 5.41) is 4.33. The third-order valence-electron chi connectivity index (χ3n) is 2.60. The van der Waals surface area contributed by atoms with Crippen molar-refractivity contribution in [3.63, 3.8) is 0 Å². The van der Waals surface area contributed by atoms with E-state index in [1.807, 2.05) is 19.3 Å². The zero-order valence-corrected chi connectivity index (χ0v) is 9.89. The van der Waals surface area contributed by atoms with Gasteiger partial charge in [-0.1, -0.05) is 11.8 Å². The van der Waals surface area contributed by atoms with Gasteiger partial charge in [0, 0.05) is 18.1 Å². The maximum atomic E-state index is 4.29. The molecule has 2 heterocycles. The van der Waals surface area contributed by atoms with Crippen LogP contribution in [0.3, 0.4) is 0 Å². The largest absolute Gasteiger partial charge is 0.316 e. The lowest BCUT2D eigenvalue weighted by Crippen LogP contribution is -2.30. The molecule has 1 fully saturated rings. The van der Waals surface area contributed by atoms with Crippen LogP contribution in [0.15, 0.2) is 17.6 Å². The predicted octanol–water partition coefficient (Wildman–Crippen LogP) is 1.88. The number of rotatable bonds is 3. The summed E-state index contributed by atoms with van der Waals surface area (Å²) in [7, 11) is 0. The highest BCUT2D eigenvalue weighted by atomic mass is 32.2. The van der Waals surface area contributed by atoms with Gasteiger partial charge in [-0.05, 0) is 44.3 Å². The Kier molecular flexibility index (Phi) is 3.97. The molecule has 1 saturated heterocycles. The molecule has 1 unspecified atom stereocenters. The highest BCUT2D eigenvalue weighted by Gasteiger charge is 2.13. The molecular weight excluding hydrogens is 206 g/mol. The third kappa shape index (κ3) is 3.47. The molecule has 1 aromatic heterocycles. The first-order valence-corrected chi connectivity index (χ1v) is 6.45. The fraction of sp³-hybridized carbons (Fsp3) is 0.636. The van der Waals surface area contributed by atoms with Gasteiger partial charge in [0.15, 0.2) is 5.16 Å². The van der Waals surface area contributed by atoms with Gasteiger partial charge >= 0.3 is 0 Å². The van der Waals surface area contributed by atoms with Crippen molar-refractivity contribution in [1.82, 2.24) is 15.3 Å². The van der Waals surface area contributed by atoms with Crippen LogP contribution in [-0.2, 0) is 0 Å². The van der Waals surface area contributed by atoms with Gasteiger partial charge in [0.05, 0.1) is 0 Å². The quantitative estimate of drug-likeness (QED) is 0.627. The SMILES string of the molecule is Cc1cnc(SCC2CCCNC2)nc1. The van der Waals surface area contributed by atoms with E-state index in [1.165, 1.54) is 19.4 Å². The van der Waals surface area contributed by atoms with E-state index in [2.05, 4.69) is 15.3 Å². The molecule has 2 rings (SSSR count). The van der Waals surface area contributed by atoms with E-state index >= 15 is 0 Å². The standard InChI is InChI=1S/C11H17N3S/c1-9-5-13-11(14-6-9)15-8-10-3-2-4-12-7-10/h5-6,10,12H,2-4,7-8H2,1H3. The molecule has 0 bridgehead atoms. The molecule has 0 saturated carbocycles. The number of hydrogen-bond donors (Lipinski definition) is 1. The summed E-state index contributed by atoms with van der Waals surface area (Å²) in [5.74, 6) is 1.92. The van der Waals surface area contributed by atoms with Crippen LogP contribution < -0.4 is 5.32 Å². The molecule has 1 aliphatic rings. The number of piperidine rings is 1. The molecule has 1 aliphatic heterocycles. The van der Waals surface area contributed by atoms with Crippen molar-refractivity contribution >= 4 is 11.8 Å². The minimum Gasteiger partial charge on any atom is -0.316 e. The fourth-order valence-electron chi connectivity index (χ4n) is 1.71. The first-order valence-electron chi connectivity index (χ1n) is 5.47. The Morgan fingerprint density at radius 3 is 2.93 bits per heavy atom. The number of hydrogen-bond acceptors (Lipinski definition) is 4. The second-order valence-electron chi connectivity index (χ2n) is 4.07. The van der Waals surface area contributed by atoms with Crippen molar-refractivity contribution in [2.45, 2.75) is 24.9 Å². The van der Waals surface area contributed by atoms with Crippen LogP contribution in [-0.4, -0.2) is 28.8 Å². The predicted molar refractivity (Wildman–Crippen MR) is 63.1 cm³/mol. The van der Waals surface area contributed by atoms with E-state index < -0.39 is 0 Å². The van der Waals surface area contributed by atoms with Gasteiger partial charge in [0.2, 0.25) is 0 Å². The highest BCUT2D eigenvalue weighted by molar-refractivity contribution is 7.99. The van der Waals surface area contributed by atoms with Crippen molar-refractivity contribution < 1.29 is 0 Å². The smallest absolute Gasteiger partial charge is 0.187 e. The van der Waals surface area contributed by atoms with Crippen LogP contribution in [0, 0.1) is 12.8 Å². The van der Waals surface area contributed by atoms with Crippen LogP contribution in [0.5, 0.6) is 0 Å². The summed E-state index contributed by atoms with van der Waals surface area (Å²) in [5.41, 5.74) is 1.12. The van der Waals surface area contributed by atoms with Gasteiger partial charge in [-0.3, -0.25) is 0 Å². The molecule has 4 heteroatoms. The van der Waals surface area contributed by atoms with Crippen LogP contribution in [0.2, 0.25) is 0 Å². The maximum Gasteiger partial charge on any atom is 0.187 e. The minimum atomic E-state index is 0.786. The Balaban J connectivity index is 1.79. The second kappa shape index (κ2) is 5.47. The summed E-state index contributed by atoms with van der Waals surface area (Å²) >= 11 is 1.77. The van der Waals surface area contributed by atoms with Crippen molar-refractivity contribution in [1.29, 1.82) is 0 Å². The molecule has 1 aromatic rings. The van der Waals surface area contributed by atoms with Gasteiger partial charge in [0.25, 0.3) is 0 Å². The van der Waals surface area contributed by atoms with Crippen LogP contribution in [0.25, 0.3) is 0 Å². The van der Waals surface area contributed by atoms with Crippen LogP contribution >= 0.6 is 11.8 Å². The second-order valence-corrected chi connectivity index (χ2v) is 5.05. The molecule has 0 spiro atoms. The zero-order valence-electron chi connectivity index (χ0n) is 9.07. The van der Waals surface area contributed by atoms with E-state index in [4.69, 9.17) is 0 Å². The molecule has 15 heavy (non-hydrogen) atoms. The first-order chi connectivity index (χ1) is 7.34. The van der Waals surface area contributed by atoms with Gasteiger partial charge in [-0.25, -0.2) is 9.97 Å². The van der Waals surface area contributed by atoms with Gasteiger partial charge < -0.3 is 5.32 Å². The zero-order chi connectivity index (χ0) is 10.5. The van der Waals surface area contributed by atoms with Crippen LogP contribution in [0.4, 0.5) is 0 Å². The summed E-state index contributed by atoms with van der Waals surface area (Å²) in [6.07, 6.45) is 6.41. The first kappa shape index (κ1) is 10.9. The topological polar surface area (TPSA) is 37.8 Å². The normalized spacial score (nSPS) is 21.5. The van der Waals surface area contributed by atoms with E-state index in [1.54, 1.807) is 11.8 Å². The van der Waals surface area contributed by atoms with Gasteiger partial charge in [-0.15, -0.1) is 0 Å². The molecular formula is C11H17N3S. The highest BCUT2D eigenvalue weighted by Crippen LogP contribution is 2.20. The monoisotopic (exact) mass is 223 g/mol. The fourth-order valence-corrected chi connectivity index (χ4v) is 2.64. The molecule has 0 aromatic carbocycles. The number of nitrogens with zero attached hydrogens (tertiary/aromatic N) is 2. The number of aromatic nitrogens is 2. The lowest BCUT2D eigenvalue weighted by molar-refractivity contribution is 0.410. The van der Waals surface area contributed by atoms with Gasteiger partial charge in [-0.2, -0.15) is 0 Å². The lowest BCUT2D eigenvalue weighted by Gasteiger charge is -2.21. The third-order valence-corrected chi connectivity index (χ3v) is 3.71. The molecule has 1 N–H and O–H groups in total. The van der Waals surface area contributed by atoms with E-state index in [-0.39, 0.29) is 0 Å². The summed E-state index contributed by atoms with van der Waals surface area (Å²) in [6.45, 7) is 4.35. The Bertz CT molecular complexity index is 293. The van der Waals surface area contributed by atoms with E-state index in [0.29, 0.717) is 0 Å². The number of thioether (sulfide) groups is 1. The van der Waals surface area contributed by atoms with E-state index in [9.17, 15) is 0 Å². The lowest BCUT2D eigenvalue weighted by atomic mass is 10.0. The summed E-state index contributed by atoms with van der Waals surface area (Å²) < 4.78 is 0. The Morgan fingerprint density at radius 2 is 2.27 bits per heavy atom. The molecule has 0 aliphatic carbocycles. The Labute approximate surface area is 95.1 Å². The van der Waals surface area contributed by atoms with Crippen molar-refractivity contribution in [3.05, 3.63) is 18.0 Å². The number of nitrogens with one attached hydrogen (secondary N) is 1.